The molecule has 0 saturated heterocycles. The van der Waals surface area contributed by atoms with Crippen molar-refractivity contribution < 1.29 is 64.3 Å². The molecule has 0 amide bonds. The fourth-order valence-corrected chi connectivity index (χ4v) is 5.40. The fraction of sp³-hybridized carbons (Fsp3) is 0.769. The summed E-state index contributed by atoms with van der Waals surface area (Å²) in [5.41, 5.74) is 0.962. The van der Waals surface area contributed by atoms with Crippen molar-refractivity contribution in [1.29, 1.82) is 0 Å². The average molecular weight is 489 g/mol. The zero-order valence-electron chi connectivity index (χ0n) is 21.2. The number of aliphatic hydroxyl groups excluding tert-OH is 3. The van der Waals surface area contributed by atoms with Crippen LogP contribution < -0.4 is 34.7 Å². The first-order valence-electron chi connectivity index (χ1n) is 12.5. The maximum absolute atomic E-state index is 13.0. The van der Waals surface area contributed by atoms with Crippen molar-refractivity contribution in [3.05, 3.63) is 23.8 Å². The Labute approximate surface area is 225 Å². The third kappa shape index (κ3) is 9.40. The predicted molar refractivity (Wildman–Crippen MR) is 123 cm³/mol. The maximum Gasteiger partial charge on any atom is 1.00 e. The summed E-state index contributed by atoms with van der Waals surface area (Å²) >= 11 is 0. The van der Waals surface area contributed by atoms with E-state index >= 15 is 0 Å². The zero-order valence-corrected chi connectivity index (χ0v) is 23.2. The molecular formula is C26H41NaO7. The van der Waals surface area contributed by atoms with Crippen LogP contribution in [0.1, 0.15) is 78.6 Å². The number of aliphatic hydroxyl groups is 3. The Balaban J connectivity index is 0.00000578. The van der Waals surface area contributed by atoms with E-state index in [-0.39, 0.29) is 65.6 Å². The Kier molecular flexibility index (Phi) is 14.2. The smallest absolute Gasteiger partial charge is 0.550 e. The van der Waals surface area contributed by atoms with Gasteiger partial charge >= 0.3 is 35.5 Å². The molecule has 0 radical (unpaired) electrons. The minimum atomic E-state index is -1.34. The molecule has 0 aliphatic heterocycles. The van der Waals surface area contributed by atoms with Crippen molar-refractivity contribution in [2.45, 2.75) is 103 Å². The predicted octanol–water partition coefficient (Wildman–Crippen LogP) is -0.720. The minimum absolute atomic E-state index is 0. The number of fused-ring (bicyclic) bond motifs is 1. The third-order valence-corrected chi connectivity index (χ3v) is 7.03. The summed E-state index contributed by atoms with van der Waals surface area (Å²) in [7, 11) is 0. The normalized spacial score (nSPS) is 27.9. The van der Waals surface area contributed by atoms with Gasteiger partial charge in [-0.3, -0.25) is 4.79 Å². The second-order valence-corrected chi connectivity index (χ2v) is 9.82. The van der Waals surface area contributed by atoms with Crippen molar-refractivity contribution >= 4 is 11.9 Å². The summed E-state index contributed by atoms with van der Waals surface area (Å²) in [4.78, 5) is 23.6. The zero-order chi connectivity index (χ0) is 24.5. The Bertz CT molecular complexity index is 701. The second kappa shape index (κ2) is 15.4. The fourth-order valence-electron chi connectivity index (χ4n) is 5.40. The van der Waals surface area contributed by atoms with Crippen LogP contribution in [-0.4, -0.2) is 51.7 Å². The molecule has 3 N–H and O–H groups in total. The van der Waals surface area contributed by atoms with E-state index in [2.05, 4.69) is 26.8 Å². The molecule has 34 heavy (non-hydrogen) atoms. The molecule has 0 aromatic heterocycles. The molecule has 2 aliphatic carbocycles. The van der Waals surface area contributed by atoms with Crippen LogP contribution in [-0.2, 0) is 14.3 Å². The van der Waals surface area contributed by atoms with Crippen molar-refractivity contribution in [2.24, 2.45) is 23.7 Å². The number of rotatable bonds is 13. The van der Waals surface area contributed by atoms with Gasteiger partial charge < -0.3 is 30.0 Å². The molecule has 8 heteroatoms. The summed E-state index contributed by atoms with van der Waals surface area (Å²) in [5, 5.41) is 41.2. The van der Waals surface area contributed by atoms with Crippen LogP contribution >= 0.6 is 0 Å². The molecule has 7 atom stereocenters. The molecule has 0 saturated carbocycles. The van der Waals surface area contributed by atoms with Gasteiger partial charge in [0.1, 0.15) is 6.10 Å². The minimum Gasteiger partial charge on any atom is -0.550 e. The van der Waals surface area contributed by atoms with E-state index in [0.29, 0.717) is 19.3 Å². The first kappa shape index (κ1) is 31.3. The quantitative estimate of drug-likeness (QED) is 0.231. The number of carboxylic acids is 1. The molecular weight excluding hydrogens is 447 g/mol. The topological polar surface area (TPSA) is 127 Å². The number of esters is 1. The summed E-state index contributed by atoms with van der Waals surface area (Å²) in [6, 6.07) is 0. The van der Waals surface area contributed by atoms with Crippen LogP contribution in [0.15, 0.2) is 23.8 Å². The molecule has 0 bridgehead atoms. The number of allylic oxidation sites excluding steroid dienone is 2. The van der Waals surface area contributed by atoms with E-state index in [1.54, 1.807) is 0 Å². The van der Waals surface area contributed by atoms with Gasteiger partial charge in [0.2, 0.25) is 0 Å². The van der Waals surface area contributed by atoms with Crippen LogP contribution in [0.4, 0.5) is 0 Å². The first-order valence-corrected chi connectivity index (χ1v) is 12.5. The second-order valence-electron chi connectivity index (χ2n) is 9.82. The largest absolute Gasteiger partial charge is 1.00 e. The molecule has 2 rings (SSSR count). The SMILES string of the molecule is CCCC(CCC)C(=O)O[C@H]1C[C@H](O)C=C2C=C[C@H](C)[C@H](CC[C@@H](O)C[C@@H](O)CC(=O)[O-])[C@H]21.[Na+]. The van der Waals surface area contributed by atoms with Gasteiger partial charge in [-0.2, -0.15) is 0 Å². The summed E-state index contributed by atoms with van der Waals surface area (Å²) in [6.45, 7) is 6.20. The van der Waals surface area contributed by atoms with E-state index < -0.39 is 36.8 Å². The number of carbonyl (C=O) groups excluding carboxylic acids is 2. The Morgan fingerprint density at radius 3 is 2.38 bits per heavy atom. The number of hydrogen-bond acceptors (Lipinski definition) is 7. The number of carbonyl (C=O) groups is 2. The van der Waals surface area contributed by atoms with Gasteiger partial charge in [-0.1, -0.05) is 51.8 Å². The average Bonchev–Trinajstić information content (AvgIpc) is 2.72. The molecule has 0 heterocycles. The van der Waals surface area contributed by atoms with Gasteiger partial charge in [-0.15, -0.1) is 0 Å². The molecule has 0 aromatic carbocycles. The molecule has 7 nitrogen and oxygen atoms in total. The monoisotopic (exact) mass is 488 g/mol. The van der Waals surface area contributed by atoms with Crippen molar-refractivity contribution in [1.82, 2.24) is 0 Å². The van der Waals surface area contributed by atoms with Crippen molar-refractivity contribution in [3.8, 4) is 0 Å². The van der Waals surface area contributed by atoms with E-state index in [1.807, 2.05) is 12.2 Å². The van der Waals surface area contributed by atoms with Gasteiger partial charge in [0.05, 0.1) is 24.2 Å². The van der Waals surface area contributed by atoms with Crippen LogP contribution in [0.25, 0.3) is 0 Å². The number of carboxylic acid groups (broad SMARTS) is 1. The molecule has 0 fully saturated rings. The number of aliphatic carboxylic acids is 1. The van der Waals surface area contributed by atoms with Crippen LogP contribution in [0.3, 0.4) is 0 Å². The Hall–Kier alpha value is -0.700. The molecule has 0 unspecified atom stereocenters. The van der Waals surface area contributed by atoms with Gasteiger partial charge in [-0.25, -0.2) is 0 Å². The third-order valence-electron chi connectivity index (χ3n) is 7.03. The Morgan fingerprint density at radius 2 is 1.79 bits per heavy atom. The van der Waals surface area contributed by atoms with Crippen LogP contribution in [0.2, 0.25) is 0 Å². The summed E-state index contributed by atoms with van der Waals surface area (Å²) < 4.78 is 6.04. The standard InChI is InChI=1S/C26H42O7.Na/c1-4-6-17(7-5-2)26(32)33-23-14-20(28)12-18-9-8-16(3)22(25(18)23)11-10-19(27)13-21(29)15-24(30)31;/h8-9,12,16-17,19-23,25,27-29H,4-7,10-11,13-15H2,1-3H3,(H,30,31);/q;+1/p-1/t16-,19+,20+,21+,22-,23-,25-;/m0./s1. The number of ether oxygens (including phenoxy) is 1. The first-order chi connectivity index (χ1) is 15.7. The molecule has 0 aromatic rings. The van der Waals surface area contributed by atoms with Gasteiger partial charge in [-0.05, 0) is 49.5 Å². The van der Waals surface area contributed by atoms with Crippen LogP contribution in [0.5, 0.6) is 0 Å². The van der Waals surface area contributed by atoms with Crippen LogP contribution in [0, 0.1) is 23.7 Å². The van der Waals surface area contributed by atoms with Crippen molar-refractivity contribution in [2.75, 3.05) is 0 Å². The van der Waals surface area contributed by atoms with E-state index in [4.69, 9.17) is 4.74 Å². The van der Waals surface area contributed by atoms with E-state index in [0.717, 1.165) is 31.3 Å². The van der Waals surface area contributed by atoms with Crippen molar-refractivity contribution in [3.63, 3.8) is 0 Å². The molecule has 2 aliphatic rings. The maximum atomic E-state index is 13.0. The number of hydrogen-bond donors (Lipinski definition) is 3. The Morgan fingerprint density at radius 1 is 1.15 bits per heavy atom. The summed E-state index contributed by atoms with van der Waals surface area (Å²) in [5.74, 6) is -1.45. The van der Waals surface area contributed by atoms with E-state index in [9.17, 15) is 30.0 Å². The van der Waals surface area contributed by atoms with Gasteiger partial charge in [0, 0.05) is 24.7 Å². The molecule has 188 valence electrons. The van der Waals surface area contributed by atoms with Gasteiger partial charge in [0.25, 0.3) is 0 Å². The van der Waals surface area contributed by atoms with E-state index in [1.165, 1.54) is 0 Å². The summed E-state index contributed by atoms with van der Waals surface area (Å²) in [6.07, 6.45) is 7.09. The van der Waals surface area contributed by atoms with Gasteiger partial charge in [0.15, 0.2) is 0 Å². The molecule has 0 spiro atoms.